The van der Waals surface area contributed by atoms with Crippen molar-refractivity contribution in [3.63, 3.8) is 0 Å². The molecular formula is C28H27NO4. The van der Waals surface area contributed by atoms with Crippen LogP contribution in [-0.2, 0) is 22.4 Å². The third kappa shape index (κ3) is 4.98. The largest absolute Gasteiger partial charge is 0.503 e. The number of amides is 1. The Labute approximate surface area is 193 Å². The summed E-state index contributed by atoms with van der Waals surface area (Å²) >= 11 is 0. The van der Waals surface area contributed by atoms with Crippen molar-refractivity contribution in [2.45, 2.75) is 25.3 Å². The molecule has 0 aliphatic carbocycles. The number of nitrogens with zero attached hydrogens (tertiary/aromatic N) is 1. The van der Waals surface area contributed by atoms with Crippen LogP contribution in [0.4, 0.5) is 0 Å². The van der Waals surface area contributed by atoms with Crippen LogP contribution in [0.1, 0.15) is 29.2 Å². The number of methoxy groups -OCH3 is 1. The van der Waals surface area contributed by atoms with Gasteiger partial charge in [0.2, 0.25) is 0 Å². The fourth-order valence-corrected chi connectivity index (χ4v) is 4.23. The van der Waals surface area contributed by atoms with Gasteiger partial charge in [0, 0.05) is 13.0 Å². The van der Waals surface area contributed by atoms with E-state index in [-0.39, 0.29) is 17.8 Å². The molecule has 1 N–H and O–H groups in total. The number of ether oxygens (including phenoxy) is 1. The zero-order valence-corrected chi connectivity index (χ0v) is 18.6. The lowest BCUT2D eigenvalue weighted by atomic mass is 9.93. The molecule has 0 fully saturated rings. The highest BCUT2D eigenvalue weighted by Gasteiger charge is 2.42. The zero-order chi connectivity index (χ0) is 23.2. The van der Waals surface area contributed by atoms with E-state index in [1.807, 2.05) is 84.9 Å². The molecule has 168 valence electrons. The Bertz CT molecular complexity index is 1140. The molecular weight excluding hydrogens is 414 g/mol. The molecule has 0 saturated heterocycles. The molecule has 1 unspecified atom stereocenters. The number of benzene rings is 3. The third-order valence-electron chi connectivity index (χ3n) is 6.00. The van der Waals surface area contributed by atoms with E-state index in [2.05, 4.69) is 0 Å². The SMILES string of the molecule is COc1ccc(CCN2C(=O)C(O)=C(C(=O)CCc3ccccc3)C2c2ccccc2)cc1. The second-order valence-corrected chi connectivity index (χ2v) is 8.08. The number of carbonyl (C=O) groups is 2. The van der Waals surface area contributed by atoms with Gasteiger partial charge in [0.05, 0.1) is 18.7 Å². The second kappa shape index (κ2) is 10.2. The standard InChI is InChI=1S/C28H27NO4/c1-33-23-15-12-21(13-16-23)18-19-29-26(22-10-6-3-7-11-22)25(27(31)28(29)32)24(30)17-14-20-8-4-2-5-9-20/h2-13,15-16,26,31H,14,17-19H2,1H3. The minimum atomic E-state index is -0.597. The molecule has 5 heteroatoms. The lowest BCUT2D eigenvalue weighted by Crippen LogP contribution is -2.33. The summed E-state index contributed by atoms with van der Waals surface area (Å²) in [7, 11) is 1.62. The molecule has 0 saturated carbocycles. The van der Waals surface area contributed by atoms with E-state index in [4.69, 9.17) is 4.74 Å². The van der Waals surface area contributed by atoms with Crippen LogP contribution in [0.25, 0.3) is 0 Å². The highest BCUT2D eigenvalue weighted by atomic mass is 16.5. The van der Waals surface area contributed by atoms with Crippen LogP contribution < -0.4 is 4.74 Å². The van der Waals surface area contributed by atoms with Gasteiger partial charge in [0.15, 0.2) is 11.5 Å². The summed E-state index contributed by atoms with van der Waals surface area (Å²) in [5, 5.41) is 10.7. The summed E-state index contributed by atoms with van der Waals surface area (Å²) in [4.78, 5) is 27.9. The topological polar surface area (TPSA) is 66.8 Å². The molecule has 33 heavy (non-hydrogen) atoms. The van der Waals surface area contributed by atoms with E-state index >= 15 is 0 Å². The van der Waals surface area contributed by atoms with E-state index in [9.17, 15) is 14.7 Å². The molecule has 0 radical (unpaired) electrons. The Hall–Kier alpha value is -3.86. The minimum Gasteiger partial charge on any atom is -0.503 e. The molecule has 0 spiro atoms. The molecule has 3 aromatic rings. The predicted octanol–water partition coefficient (Wildman–Crippen LogP) is 4.84. The third-order valence-corrected chi connectivity index (χ3v) is 6.00. The number of aryl methyl sites for hydroxylation is 1. The number of aliphatic hydroxyl groups excluding tert-OH is 1. The summed E-state index contributed by atoms with van der Waals surface area (Å²) in [5.41, 5.74) is 3.09. The van der Waals surface area contributed by atoms with E-state index < -0.39 is 17.7 Å². The molecule has 1 amide bonds. The lowest BCUT2D eigenvalue weighted by Gasteiger charge is -2.27. The molecule has 4 rings (SSSR count). The normalized spacial score (nSPS) is 15.7. The van der Waals surface area contributed by atoms with Crippen LogP contribution in [0.5, 0.6) is 5.75 Å². The molecule has 0 bridgehead atoms. The van der Waals surface area contributed by atoms with E-state index in [0.29, 0.717) is 19.4 Å². The Kier molecular flexibility index (Phi) is 6.89. The second-order valence-electron chi connectivity index (χ2n) is 8.08. The van der Waals surface area contributed by atoms with Crippen LogP contribution in [0.2, 0.25) is 0 Å². The summed E-state index contributed by atoms with van der Waals surface area (Å²) in [6, 6.07) is 26.2. The molecule has 1 aliphatic rings. The number of aliphatic hydroxyl groups is 1. The average molecular weight is 442 g/mol. The molecule has 3 aromatic carbocycles. The minimum absolute atomic E-state index is 0.192. The Balaban J connectivity index is 1.56. The monoisotopic (exact) mass is 441 g/mol. The first-order valence-corrected chi connectivity index (χ1v) is 11.1. The molecule has 1 atom stereocenters. The molecule has 1 aliphatic heterocycles. The summed E-state index contributed by atoms with van der Waals surface area (Å²) < 4.78 is 5.21. The van der Waals surface area contributed by atoms with Gasteiger partial charge in [-0.1, -0.05) is 72.8 Å². The molecule has 5 nitrogen and oxygen atoms in total. The number of ketones is 1. The van der Waals surface area contributed by atoms with Crippen LogP contribution >= 0.6 is 0 Å². The number of carbonyl (C=O) groups excluding carboxylic acids is 2. The van der Waals surface area contributed by atoms with Gasteiger partial charge >= 0.3 is 0 Å². The van der Waals surface area contributed by atoms with Gasteiger partial charge in [-0.05, 0) is 41.7 Å². The van der Waals surface area contributed by atoms with Crippen molar-refractivity contribution in [2.75, 3.05) is 13.7 Å². The van der Waals surface area contributed by atoms with Crippen molar-refractivity contribution in [2.24, 2.45) is 0 Å². The Morgan fingerprint density at radius 2 is 1.48 bits per heavy atom. The van der Waals surface area contributed by atoms with Gasteiger partial charge in [0.25, 0.3) is 5.91 Å². The van der Waals surface area contributed by atoms with Crippen molar-refractivity contribution in [3.05, 3.63) is 113 Å². The fourth-order valence-electron chi connectivity index (χ4n) is 4.23. The summed E-state index contributed by atoms with van der Waals surface area (Å²) in [6.45, 7) is 0.379. The first-order valence-electron chi connectivity index (χ1n) is 11.1. The smallest absolute Gasteiger partial charge is 0.290 e. The molecule has 0 aromatic heterocycles. The van der Waals surface area contributed by atoms with Crippen molar-refractivity contribution < 1.29 is 19.4 Å². The number of hydrogen-bond acceptors (Lipinski definition) is 4. The first-order chi connectivity index (χ1) is 16.1. The van der Waals surface area contributed by atoms with Crippen LogP contribution in [0.3, 0.4) is 0 Å². The van der Waals surface area contributed by atoms with Crippen molar-refractivity contribution >= 4 is 11.7 Å². The Morgan fingerprint density at radius 3 is 2.12 bits per heavy atom. The van der Waals surface area contributed by atoms with Gasteiger partial charge in [-0.3, -0.25) is 9.59 Å². The predicted molar refractivity (Wildman–Crippen MR) is 127 cm³/mol. The number of Topliss-reactive ketones (excluding diaryl/α,β-unsaturated/α-hetero) is 1. The first kappa shape index (κ1) is 22.3. The van der Waals surface area contributed by atoms with Crippen LogP contribution in [0, 0.1) is 0 Å². The fraction of sp³-hybridized carbons (Fsp3) is 0.214. The summed E-state index contributed by atoms with van der Waals surface area (Å²) in [6.07, 6.45) is 1.38. The summed E-state index contributed by atoms with van der Waals surface area (Å²) in [5.74, 6) is -0.369. The highest BCUT2D eigenvalue weighted by molar-refractivity contribution is 6.09. The number of rotatable bonds is 9. The van der Waals surface area contributed by atoms with E-state index in [1.54, 1.807) is 12.0 Å². The maximum absolute atomic E-state index is 13.2. The van der Waals surface area contributed by atoms with Gasteiger partial charge in [-0.2, -0.15) is 0 Å². The van der Waals surface area contributed by atoms with Crippen LogP contribution in [0.15, 0.2) is 96.3 Å². The van der Waals surface area contributed by atoms with Gasteiger partial charge in [0.1, 0.15) is 5.75 Å². The van der Waals surface area contributed by atoms with E-state index in [1.165, 1.54) is 0 Å². The quantitative estimate of drug-likeness (QED) is 0.516. The van der Waals surface area contributed by atoms with Gasteiger partial charge in [-0.15, -0.1) is 0 Å². The number of hydrogen-bond donors (Lipinski definition) is 1. The van der Waals surface area contributed by atoms with Crippen molar-refractivity contribution in [1.29, 1.82) is 0 Å². The zero-order valence-electron chi connectivity index (χ0n) is 18.6. The maximum Gasteiger partial charge on any atom is 0.290 e. The maximum atomic E-state index is 13.2. The highest BCUT2D eigenvalue weighted by Crippen LogP contribution is 2.38. The van der Waals surface area contributed by atoms with Crippen molar-refractivity contribution in [1.82, 2.24) is 4.90 Å². The van der Waals surface area contributed by atoms with Crippen LogP contribution in [-0.4, -0.2) is 35.4 Å². The lowest BCUT2D eigenvalue weighted by molar-refractivity contribution is -0.129. The molecule has 1 heterocycles. The van der Waals surface area contributed by atoms with Crippen molar-refractivity contribution in [3.8, 4) is 5.75 Å². The average Bonchev–Trinajstić information content (AvgIpc) is 3.12. The van der Waals surface area contributed by atoms with E-state index in [0.717, 1.165) is 22.4 Å². The van der Waals surface area contributed by atoms with Gasteiger partial charge < -0.3 is 14.7 Å². The van der Waals surface area contributed by atoms with Gasteiger partial charge in [-0.25, -0.2) is 0 Å². The Morgan fingerprint density at radius 1 is 0.879 bits per heavy atom.